The normalized spacial score (nSPS) is 10.8. The number of halogens is 1. The molecule has 5 heteroatoms. The predicted octanol–water partition coefficient (Wildman–Crippen LogP) is 3.43. The van der Waals surface area contributed by atoms with Gasteiger partial charge in [-0.15, -0.1) is 10.2 Å². The third-order valence-corrected chi connectivity index (χ3v) is 4.56. The van der Waals surface area contributed by atoms with Gasteiger partial charge in [-0.3, -0.25) is 0 Å². The maximum Gasteiger partial charge on any atom is 0.147 e. The number of hydrogen-bond donors (Lipinski definition) is 1. The van der Waals surface area contributed by atoms with Gasteiger partial charge in [-0.05, 0) is 31.2 Å². The van der Waals surface area contributed by atoms with E-state index in [0.717, 1.165) is 39.6 Å². The average molecular weight is 326 g/mol. The summed E-state index contributed by atoms with van der Waals surface area (Å²) in [7, 11) is 0. The number of aromatic nitrogens is 2. The van der Waals surface area contributed by atoms with Crippen LogP contribution in [0.3, 0.4) is 0 Å². The highest BCUT2D eigenvalue weighted by Gasteiger charge is 2.07. The molecular weight excluding hydrogens is 310 g/mol. The average Bonchev–Trinajstić information content (AvgIpc) is 2.82. The molecule has 0 saturated carbocycles. The summed E-state index contributed by atoms with van der Waals surface area (Å²) in [5.41, 5.74) is 2.36. The molecule has 0 aliphatic carbocycles. The molecule has 0 saturated heterocycles. The Balaban J connectivity index is 2.11. The van der Waals surface area contributed by atoms with E-state index in [2.05, 4.69) is 63.5 Å². The Morgan fingerprint density at radius 3 is 2.89 bits per heavy atom. The molecule has 0 amide bonds. The largest absolute Gasteiger partial charge is 0.317 e. The van der Waals surface area contributed by atoms with E-state index in [-0.39, 0.29) is 0 Å². The monoisotopic (exact) mass is 325 g/mol. The molecule has 0 unspecified atom stereocenters. The first-order chi connectivity index (χ1) is 8.70. The summed E-state index contributed by atoms with van der Waals surface area (Å²) >= 11 is 5.18. The Kier molecular flexibility index (Phi) is 4.86. The number of nitrogens with one attached hydrogen (secondary N) is 1. The van der Waals surface area contributed by atoms with Gasteiger partial charge in [0.25, 0.3) is 0 Å². The first-order valence-electron chi connectivity index (χ1n) is 6.00. The highest BCUT2D eigenvalue weighted by molar-refractivity contribution is 9.10. The van der Waals surface area contributed by atoms with Gasteiger partial charge in [0.15, 0.2) is 0 Å². The summed E-state index contributed by atoms with van der Waals surface area (Å²) in [4.78, 5) is 0. The van der Waals surface area contributed by atoms with Crippen LogP contribution in [-0.2, 0) is 6.42 Å². The lowest BCUT2D eigenvalue weighted by Gasteiger charge is -2.00. The lowest BCUT2D eigenvalue weighted by Crippen LogP contribution is -2.15. The third-order valence-electron chi connectivity index (χ3n) is 2.64. The molecule has 3 nitrogen and oxygen atoms in total. The maximum atomic E-state index is 4.26. The highest BCUT2D eigenvalue weighted by Crippen LogP contribution is 2.27. The van der Waals surface area contributed by atoms with E-state index < -0.39 is 0 Å². The molecule has 0 bridgehead atoms. The molecule has 1 heterocycles. The Hall–Kier alpha value is -0.780. The number of likely N-dealkylation sites (N-methyl/N-ethyl adjacent to an activating group) is 1. The SMILES string of the molecule is CCNCCc1nnc(-c2ccc(Br)c(C)c2)s1. The summed E-state index contributed by atoms with van der Waals surface area (Å²) < 4.78 is 1.13. The number of rotatable bonds is 5. The van der Waals surface area contributed by atoms with E-state index in [0.29, 0.717) is 0 Å². The van der Waals surface area contributed by atoms with Crippen LogP contribution in [0.4, 0.5) is 0 Å². The van der Waals surface area contributed by atoms with Crippen molar-refractivity contribution in [2.24, 2.45) is 0 Å². The standard InChI is InChI=1S/C13H16BrN3S/c1-3-15-7-6-12-16-17-13(18-12)10-4-5-11(14)9(2)8-10/h4-5,8,15H,3,6-7H2,1-2H3. The summed E-state index contributed by atoms with van der Waals surface area (Å²) in [5, 5.41) is 13.9. The van der Waals surface area contributed by atoms with Crippen molar-refractivity contribution in [3.63, 3.8) is 0 Å². The van der Waals surface area contributed by atoms with Crippen molar-refractivity contribution in [1.29, 1.82) is 0 Å². The van der Waals surface area contributed by atoms with Crippen LogP contribution in [0, 0.1) is 6.92 Å². The van der Waals surface area contributed by atoms with E-state index in [1.807, 2.05) is 0 Å². The van der Waals surface area contributed by atoms with Crippen LogP contribution in [0.2, 0.25) is 0 Å². The molecule has 2 aromatic rings. The summed E-state index contributed by atoms with van der Waals surface area (Å²) in [6, 6.07) is 6.27. The minimum Gasteiger partial charge on any atom is -0.317 e. The van der Waals surface area contributed by atoms with E-state index in [1.165, 1.54) is 5.56 Å². The molecule has 1 N–H and O–H groups in total. The zero-order valence-electron chi connectivity index (χ0n) is 10.5. The van der Waals surface area contributed by atoms with Crippen molar-refractivity contribution < 1.29 is 0 Å². The topological polar surface area (TPSA) is 37.8 Å². The van der Waals surface area contributed by atoms with Crippen molar-refractivity contribution in [2.75, 3.05) is 13.1 Å². The van der Waals surface area contributed by atoms with E-state index in [9.17, 15) is 0 Å². The first kappa shape index (κ1) is 13.6. The number of benzene rings is 1. The number of hydrogen-bond acceptors (Lipinski definition) is 4. The third kappa shape index (κ3) is 3.37. The maximum absolute atomic E-state index is 4.26. The highest BCUT2D eigenvalue weighted by atomic mass is 79.9. The van der Waals surface area contributed by atoms with E-state index >= 15 is 0 Å². The van der Waals surface area contributed by atoms with Crippen molar-refractivity contribution in [3.05, 3.63) is 33.2 Å². The van der Waals surface area contributed by atoms with Gasteiger partial charge in [-0.1, -0.05) is 40.3 Å². The fourth-order valence-corrected chi connectivity index (χ4v) is 2.70. The fraction of sp³-hybridized carbons (Fsp3) is 0.385. The molecule has 18 heavy (non-hydrogen) atoms. The van der Waals surface area contributed by atoms with Gasteiger partial charge >= 0.3 is 0 Å². The zero-order valence-corrected chi connectivity index (χ0v) is 12.9. The van der Waals surface area contributed by atoms with Gasteiger partial charge in [-0.25, -0.2) is 0 Å². The Morgan fingerprint density at radius 2 is 2.17 bits per heavy atom. The van der Waals surface area contributed by atoms with Gasteiger partial charge in [0, 0.05) is 23.0 Å². The zero-order chi connectivity index (χ0) is 13.0. The lowest BCUT2D eigenvalue weighted by molar-refractivity contribution is 0.710. The Bertz CT molecular complexity index is 525. The van der Waals surface area contributed by atoms with Gasteiger partial charge in [0.1, 0.15) is 10.0 Å². The molecule has 0 aliphatic heterocycles. The molecule has 0 aliphatic rings. The van der Waals surface area contributed by atoms with Crippen LogP contribution >= 0.6 is 27.3 Å². The smallest absolute Gasteiger partial charge is 0.147 e. The molecule has 2 rings (SSSR count). The molecule has 1 aromatic carbocycles. The second kappa shape index (κ2) is 6.41. The van der Waals surface area contributed by atoms with Crippen molar-refractivity contribution in [2.45, 2.75) is 20.3 Å². The molecule has 0 radical (unpaired) electrons. The fourth-order valence-electron chi connectivity index (χ4n) is 1.62. The van der Waals surface area contributed by atoms with Gasteiger partial charge in [-0.2, -0.15) is 0 Å². The molecule has 0 atom stereocenters. The lowest BCUT2D eigenvalue weighted by atomic mass is 10.1. The van der Waals surface area contributed by atoms with Gasteiger partial charge < -0.3 is 5.32 Å². The van der Waals surface area contributed by atoms with E-state index in [1.54, 1.807) is 11.3 Å². The van der Waals surface area contributed by atoms with Crippen LogP contribution in [0.5, 0.6) is 0 Å². The number of aryl methyl sites for hydroxylation is 1. The molecule has 0 fully saturated rings. The first-order valence-corrected chi connectivity index (χ1v) is 7.61. The molecule has 1 aromatic heterocycles. The van der Waals surface area contributed by atoms with Crippen molar-refractivity contribution in [1.82, 2.24) is 15.5 Å². The summed E-state index contributed by atoms with van der Waals surface area (Å²) in [6.45, 7) is 6.15. The minimum absolute atomic E-state index is 0.945. The second-order valence-electron chi connectivity index (χ2n) is 4.07. The summed E-state index contributed by atoms with van der Waals surface area (Å²) in [5.74, 6) is 0. The van der Waals surface area contributed by atoms with Gasteiger partial charge in [0.05, 0.1) is 0 Å². The van der Waals surface area contributed by atoms with Gasteiger partial charge in [0.2, 0.25) is 0 Å². The van der Waals surface area contributed by atoms with Crippen LogP contribution in [0.15, 0.2) is 22.7 Å². The predicted molar refractivity (Wildman–Crippen MR) is 80.0 cm³/mol. The van der Waals surface area contributed by atoms with Crippen LogP contribution < -0.4 is 5.32 Å². The minimum atomic E-state index is 0.945. The van der Waals surface area contributed by atoms with E-state index in [4.69, 9.17) is 0 Å². The quantitative estimate of drug-likeness (QED) is 0.856. The number of nitrogens with zero attached hydrogens (tertiary/aromatic N) is 2. The van der Waals surface area contributed by atoms with Crippen LogP contribution in [-0.4, -0.2) is 23.3 Å². The summed E-state index contributed by atoms with van der Waals surface area (Å²) in [6.07, 6.45) is 0.945. The molecule has 0 spiro atoms. The Labute approximate surface area is 120 Å². The molecular formula is C13H16BrN3S. The van der Waals surface area contributed by atoms with Crippen LogP contribution in [0.1, 0.15) is 17.5 Å². The van der Waals surface area contributed by atoms with Crippen molar-refractivity contribution in [3.8, 4) is 10.6 Å². The van der Waals surface area contributed by atoms with Crippen LogP contribution in [0.25, 0.3) is 10.6 Å². The van der Waals surface area contributed by atoms with Crippen molar-refractivity contribution >= 4 is 27.3 Å². The second-order valence-corrected chi connectivity index (χ2v) is 5.98. The Morgan fingerprint density at radius 1 is 1.33 bits per heavy atom. The molecule has 96 valence electrons.